The third kappa shape index (κ3) is 4.94. The predicted octanol–water partition coefficient (Wildman–Crippen LogP) is -0.790. The van der Waals surface area contributed by atoms with Crippen molar-refractivity contribution in [3.63, 3.8) is 0 Å². The standard InChI is InChI=1S/C16H8F4.2Li/c17-13(11-7-3-1-4-8-11)15(19)16(20)14(18)12-9-5-2-6-10-12;;/h3-10H;;/q-2;2*+1/b15-13+,16-14+;;. The average Bonchev–Trinajstić information content (AvgIpc) is 2.53. The van der Waals surface area contributed by atoms with E-state index < -0.39 is 23.3 Å². The minimum Gasteiger partial charge on any atom is -0.205 e. The molecule has 102 valence electrons. The molecule has 0 heterocycles. The summed E-state index contributed by atoms with van der Waals surface area (Å²) in [4.78, 5) is 0. The van der Waals surface area contributed by atoms with Crippen LogP contribution in [-0.4, -0.2) is 0 Å². The fraction of sp³-hybridized carbons (Fsp3) is 0. The van der Waals surface area contributed by atoms with Gasteiger partial charge in [0.25, 0.3) is 0 Å². The van der Waals surface area contributed by atoms with E-state index in [4.69, 9.17) is 0 Å². The first-order valence-electron chi connectivity index (χ1n) is 5.65. The summed E-state index contributed by atoms with van der Waals surface area (Å²) in [6, 6.07) is 15.4. The van der Waals surface area contributed by atoms with Crippen LogP contribution >= 0.6 is 0 Å². The van der Waals surface area contributed by atoms with Crippen LogP contribution in [0.3, 0.4) is 0 Å². The first kappa shape index (κ1) is 20.8. The number of hydrogen-bond acceptors (Lipinski definition) is 0. The number of hydrogen-bond donors (Lipinski definition) is 0. The van der Waals surface area contributed by atoms with E-state index >= 15 is 0 Å². The molecule has 0 N–H and O–H groups in total. The smallest absolute Gasteiger partial charge is 0.205 e. The summed E-state index contributed by atoms with van der Waals surface area (Å²) < 4.78 is 54.6. The zero-order chi connectivity index (χ0) is 14.5. The Hall–Kier alpha value is -1.17. The van der Waals surface area contributed by atoms with Crippen LogP contribution in [0.5, 0.6) is 0 Å². The molecule has 0 bridgehead atoms. The third-order valence-electron chi connectivity index (χ3n) is 2.52. The maximum absolute atomic E-state index is 13.7. The third-order valence-corrected chi connectivity index (χ3v) is 2.52. The zero-order valence-electron chi connectivity index (χ0n) is 12.1. The van der Waals surface area contributed by atoms with Gasteiger partial charge in [0, 0.05) is 0 Å². The zero-order valence-corrected chi connectivity index (χ0v) is 12.1. The van der Waals surface area contributed by atoms with Gasteiger partial charge in [0.05, 0.1) is 0 Å². The largest absolute Gasteiger partial charge is 1.00 e. The van der Waals surface area contributed by atoms with Crippen LogP contribution in [0, 0.1) is 12.1 Å². The van der Waals surface area contributed by atoms with E-state index in [9.17, 15) is 17.6 Å². The molecule has 6 heteroatoms. The second-order valence-corrected chi connectivity index (χ2v) is 3.83. The van der Waals surface area contributed by atoms with Crippen LogP contribution in [0.25, 0.3) is 11.7 Å². The maximum atomic E-state index is 13.7. The Labute approximate surface area is 150 Å². The Morgan fingerprint density at radius 2 is 0.864 bits per heavy atom. The Morgan fingerprint density at radius 1 is 0.591 bits per heavy atom. The molecule has 2 rings (SSSR count). The topological polar surface area (TPSA) is 0 Å². The summed E-state index contributed by atoms with van der Waals surface area (Å²) in [6.07, 6.45) is 0. The first-order valence-corrected chi connectivity index (χ1v) is 5.65. The molecule has 0 aromatic heterocycles. The van der Waals surface area contributed by atoms with E-state index in [2.05, 4.69) is 12.1 Å². The van der Waals surface area contributed by atoms with E-state index in [1.807, 2.05) is 0 Å². The summed E-state index contributed by atoms with van der Waals surface area (Å²) in [7, 11) is 0. The molecule has 0 spiro atoms. The molecule has 0 radical (unpaired) electrons. The van der Waals surface area contributed by atoms with Crippen molar-refractivity contribution in [2.24, 2.45) is 0 Å². The van der Waals surface area contributed by atoms with Gasteiger partial charge in [0.2, 0.25) is 0 Å². The van der Waals surface area contributed by atoms with E-state index in [1.165, 1.54) is 48.5 Å². The molecular weight excluding hydrogens is 282 g/mol. The van der Waals surface area contributed by atoms with Crippen LogP contribution in [0.4, 0.5) is 17.6 Å². The summed E-state index contributed by atoms with van der Waals surface area (Å²) in [5.41, 5.74) is -0.379. The molecule has 2 aromatic rings. The van der Waals surface area contributed by atoms with Crippen molar-refractivity contribution in [1.29, 1.82) is 0 Å². The van der Waals surface area contributed by atoms with Gasteiger partial charge in [-0.2, -0.15) is 60.7 Å². The molecular formula is C16H8F4Li2. The van der Waals surface area contributed by atoms with Crippen molar-refractivity contribution >= 4 is 11.7 Å². The Bertz CT molecular complexity index is 593. The Kier molecular flexibility index (Phi) is 9.25. The van der Waals surface area contributed by atoms with Gasteiger partial charge in [0.15, 0.2) is 11.7 Å². The number of rotatable bonds is 3. The maximum Gasteiger partial charge on any atom is 1.00 e. The fourth-order valence-electron chi connectivity index (χ4n) is 1.51. The van der Waals surface area contributed by atoms with E-state index in [1.54, 1.807) is 0 Å². The molecule has 0 nitrogen and oxygen atoms in total. The van der Waals surface area contributed by atoms with Crippen LogP contribution in [0.15, 0.2) is 60.2 Å². The summed E-state index contributed by atoms with van der Waals surface area (Å²) in [5, 5.41) is 0. The quantitative estimate of drug-likeness (QED) is 0.301. The van der Waals surface area contributed by atoms with Crippen molar-refractivity contribution < 1.29 is 55.3 Å². The number of allylic oxidation sites excluding steroid dienone is 2. The van der Waals surface area contributed by atoms with E-state index in [-0.39, 0.29) is 48.8 Å². The SMILES string of the molecule is FC(/C(F)=C(\F)c1cc[c-]cc1)=C(/F)c1cc[c-]cc1.[Li+].[Li+]. The van der Waals surface area contributed by atoms with Gasteiger partial charge in [-0.3, -0.25) is 0 Å². The molecule has 0 aliphatic heterocycles. The van der Waals surface area contributed by atoms with Gasteiger partial charge in [0.1, 0.15) is 11.7 Å². The van der Waals surface area contributed by atoms with Crippen molar-refractivity contribution in [2.75, 3.05) is 0 Å². The summed E-state index contributed by atoms with van der Waals surface area (Å²) in [5.74, 6) is -6.67. The first-order chi connectivity index (χ1) is 9.61. The normalized spacial score (nSPS) is 12.4. The van der Waals surface area contributed by atoms with Crippen LogP contribution < -0.4 is 37.7 Å². The molecule has 0 unspecified atom stereocenters. The Morgan fingerprint density at radius 3 is 1.14 bits per heavy atom. The molecule has 0 saturated carbocycles. The van der Waals surface area contributed by atoms with E-state index in [0.717, 1.165) is 0 Å². The van der Waals surface area contributed by atoms with Gasteiger partial charge in [-0.05, 0) is 0 Å². The van der Waals surface area contributed by atoms with Crippen LogP contribution in [0.2, 0.25) is 0 Å². The minimum atomic E-state index is -1.87. The Balaban J connectivity index is 0.00000220. The van der Waals surface area contributed by atoms with Gasteiger partial charge in [-0.1, -0.05) is 11.1 Å². The van der Waals surface area contributed by atoms with Crippen molar-refractivity contribution in [3.05, 3.63) is 83.4 Å². The van der Waals surface area contributed by atoms with Crippen LogP contribution in [-0.2, 0) is 0 Å². The molecule has 0 amide bonds. The monoisotopic (exact) mass is 290 g/mol. The second kappa shape index (κ2) is 9.77. The second-order valence-electron chi connectivity index (χ2n) is 3.83. The molecule has 0 aliphatic carbocycles. The van der Waals surface area contributed by atoms with Gasteiger partial charge in [-0.25, -0.2) is 17.6 Å². The predicted molar refractivity (Wildman–Crippen MR) is 68.8 cm³/mol. The summed E-state index contributed by atoms with van der Waals surface area (Å²) >= 11 is 0. The van der Waals surface area contributed by atoms with Crippen molar-refractivity contribution in [1.82, 2.24) is 0 Å². The molecule has 0 saturated heterocycles. The molecule has 0 aliphatic rings. The number of halogens is 4. The van der Waals surface area contributed by atoms with Gasteiger partial charge >= 0.3 is 37.7 Å². The summed E-state index contributed by atoms with van der Waals surface area (Å²) in [6.45, 7) is 0. The molecule has 0 fully saturated rings. The molecule has 0 atom stereocenters. The molecule has 2 aromatic carbocycles. The molecule has 22 heavy (non-hydrogen) atoms. The van der Waals surface area contributed by atoms with E-state index in [0.29, 0.717) is 0 Å². The fourth-order valence-corrected chi connectivity index (χ4v) is 1.51. The average molecular weight is 290 g/mol. The van der Waals surface area contributed by atoms with Gasteiger partial charge in [-0.15, -0.1) is 0 Å². The minimum absolute atomic E-state index is 0. The number of benzene rings is 2. The van der Waals surface area contributed by atoms with Crippen molar-refractivity contribution in [3.8, 4) is 0 Å². The van der Waals surface area contributed by atoms with Crippen LogP contribution in [0.1, 0.15) is 11.1 Å². The van der Waals surface area contributed by atoms with Gasteiger partial charge < -0.3 is 0 Å². The van der Waals surface area contributed by atoms with Crippen molar-refractivity contribution in [2.45, 2.75) is 0 Å².